The molecule has 1 aromatic heterocycles. The number of halogens is 3. The standard InChI is InChI=1S/C21H18F3N3O2S/c1-4-10-30-20-26-25-19(12-14-8-9-17(28-2)18(11-14)29-3)27(20)16-7-5-6-15(13-16)21(22,23)24/h1,5-9,11,13H,10,12H2,2-3H3. The lowest BCUT2D eigenvalue weighted by molar-refractivity contribution is -0.137. The second-order valence-corrected chi connectivity index (χ2v) is 7.08. The lowest BCUT2D eigenvalue weighted by Gasteiger charge is -2.13. The van der Waals surface area contributed by atoms with Gasteiger partial charge in [-0.3, -0.25) is 4.57 Å². The third kappa shape index (κ3) is 4.71. The van der Waals surface area contributed by atoms with Gasteiger partial charge in [0.25, 0.3) is 0 Å². The van der Waals surface area contributed by atoms with Crippen LogP contribution in [0.5, 0.6) is 11.5 Å². The molecule has 0 bridgehead atoms. The van der Waals surface area contributed by atoms with Crippen LogP contribution in [-0.4, -0.2) is 34.7 Å². The first-order valence-corrected chi connectivity index (χ1v) is 9.75. The lowest BCUT2D eigenvalue weighted by atomic mass is 10.1. The van der Waals surface area contributed by atoms with E-state index in [1.54, 1.807) is 22.8 Å². The second kappa shape index (κ2) is 9.13. The minimum Gasteiger partial charge on any atom is -0.493 e. The van der Waals surface area contributed by atoms with E-state index in [1.165, 1.54) is 32.0 Å². The van der Waals surface area contributed by atoms with Crippen LogP contribution in [0, 0.1) is 12.3 Å². The summed E-state index contributed by atoms with van der Waals surface area (Å²) in [5.74, 6) is 4.39. The van der Waals surface area contributed by atoms with Gasteiger partial charge in [-0.2, -0.15) is 13.2 Å². The van der Waals surface area contributed by atoms with E-state index in [1.807, 2.05) is 6.07 Å². The first-order chi connectivity index (χ1) is 14.4. The topological polar surface area (TPSA) is 49.2 Å². The molecule has 0 fully saturated rings. The fourth-order valence-corrected chi connectivity index (χ4v) is 3.52. The normalized spacial score (nSPS) is 11.2. The Hall–Kier alpha value is -3.12. The smallest absolute Gasteiger partial charge is 0.416 e. The predicted molar refractivity (Wildman–Crippen MR) is 108 cm³/mol. The van der Waals surface area contributed by atoms with Crippen LogP contribution in [0.4, 0.5) is 13.2 Å². The van der Waals surface area contributed by atoms with Gasteiger partial charge in [-0.15, -0.1) is 16.6 Å². The number of nitrogens with zero attached hydrogens (tertiary/aromatic N) is 3. The molecule has 0 aliphatic carbocycles. The van der Waals surface area contributed by atoms with E-state index in [0.717, 1.165) is 17.7 Å². The van der Waals surface area contributed by atoms with Crippen molar-refractivity contribution >= 4 is 11.8 Å². The molecule has 5 nitrogen and oxygen atoms in total. The molecule has 0 spiro atoms. The Labute approximate surface area is 176 Å². The average molecular weight is 433 g/mol. The molecule has 0 aliphatic heterocycles. The van der Waals surface area contributed by atoms with E-state index in [0.29, 0.717) is 40.3 Å². The van der Waals surface area contributed by atoms with Crippen molar-refractivity contribution in [2.45, 2.75) is 17.8 Å². The molecule has 0 aliphatic rings. The largest absolute Gasteiger partial charge is 0.493 e. The SMILES string of the molecule is C#CCSc1nnc(Cc2ccc(OC)c(OC)c2)n1-c1cccc(C(F)(F)F)c1. The molecule has 156 valence electrons. The van der Waals surface area contributed by atoms with Crippen LogP contribution in [0.2, 0.25) is 0 Å². The van der Waals surface area contributed by atoms with Gasteiger partial charge >= 0.3 is 6.18 Å². The summed E-state index contributed by atoms with van der Waals surface area (Å²) in [6.45, 7) is 0. The van der Waals surface area contributed by atoms with Crippen molar-refractivity contribution < 1.29 is 22.6 Å². The molecule has 0 saturated heterocycles. The van der Waals surface area contributed by atoms with Crippen LogP contribution in [0.3, 0.4) is 0 Å². The Morgan fingerprint density at radius 1 is 1.07 bits per heavy atom. The van der Waals surface area contributed by atoms with E-state index in [9.17, 15) is 13.2 Å². The van der Waals surface area contributed by atoms with Crippen LogP contribution in [0.15, 0.2) is 47.6 Å². The summed E-state index contributed by atoms with van der Waals surface area (Å²) in [4.78, 5) is 0. The number of aromatic nitrogens is 3. The summed E-state index contributed by atoms with van der Waals surface area (Å²) < 4.78 is 51.8. The molecule has 9 heteroatoms. The molecule has 1 heterocycles. The number of rotatable bonds is 7. The zero-order chi connectivity index (χ0) is 21.7. The fraction of sp³-hybridized carbons (Fsp3) is 0.238. The number of terminal acetylenes is 1. The highest BCUT2D eigenvalue weighted by Crippen LogP contribution is 2.33. The number of hydrogen-bond donors (Lipinski definition) is 0. The van der Waals surface area contributed by atoms with E-state index in [4.69, 9.17) is 15.9 Å². The van der Waals surface area contributed by atoms with Crippen LogP contribution >= 0.6 is 11.8 Å². The summed E-state index contributed by atoms with van der Waals surface area (Å²) in [7, 11) is 3.07. The van der Waals surface area contributed by atoms with E-state index in [2.05, 4.69) is 16.1 Å². The molecule has 3 rings (SSSR count). The van der Waals surface area contributed by atoms with Gasteiger partial charge in [-0.1, -0.05) is 29.8 Å². The maximum Gasteiger partial charge on any atom is 0.416 e. The highest BCUT2D eigenvalue weighted by molar-refractivity contribution is 7.99. The summed E-state index contributed by atoms with van der Waals surface area (Å²) in [5.41, 5.74) is 0.394. The number of ether oxygens (including phenoxy) is 2. The van der Waals surface area contributed by atoms with Crippen molar-refractivity contribution in [3.63, 3.8) is 0 Å². The molecule has 0 unspecified atom stereocenters. The highest BCUT2D eigenvalue weighted by atomic mass is 32.2. The van der Waals surface area contributed by atoms with Crippen LogP contribution in [0.1, 0.15) is 17.0 Å². The number of methoxy groups -OCH3 is 2. The molecular weight excluding hydrogens is 415 g/mol. The van der Waals surface area contributed by atoms with E-state index in [-0.39, 0.29) is 0 Å². The Kier molecular flexibility index (Phi) is 6.57. The molecule has 2 aromatic carbocycles. The number of hydrogen-bond acceptors (Lipinski definition) is 5. The lowest BCUT2D eigenvalue weighted by Crippen LogP contribution is -2.08. The Morgan fingerprint density at radius 3 is 2.50 bits per heavy atom. The molecule has 0 amide bonds. The Balaban J connectivity index is 2.05. The molecular formula is C21H18F3N3O2S. The molecule has 30 heavy (non-hydrogen) atoms. The quantitative estimate of drug-likeness (QED) is 0.402. The van der Waals surface area contributed by atoms with Crippen LogP contribution in [0.25, 0.3) is 5.69 Å². The Bertz CT molecular complexity index is 1070. The monoisotopic (exact) mass is 433 g/mol. The van der Waals surface area contributed by atoms with Gasteiger partial charge in [0.1, 0.15) is 5.82 Å². The maximum atomic E-state index is 13.2. The fourth-order valence-electron chi connectivity index (χ4n) is 2.87. The summed E-state index contributed by atoms with van der Waals surface area (Å²) in [5, 5.41) is 8.76. The van der Waals surface area contributed by atoms with Crippen LogP contribution < -0.4 is 9.47 Å². The number of thioether (sulfide) groups is 1. The zero-order valence-electron chi connectivity index (χ0n) is 16.2. The van der Waals surface area contributed by atoms with E-state index < -0.39 is 11.7 Å². The van der Waals surface area contributed by atoms with Crippen LogP contribution in [-0.2, 0) is 12.6 Å². The third-order valence-electron chi connectivity index (χ3n) is 4.23. The summed E-state index contributed by atoms with van der Waals surface area (Å²) >= 11 is 1.23. The van der Waals surface area contributed by atoms with E-state index >= 15 is 0 Å². The Morgan fingerprint density at radius 2 is 1.83 bits per heavy atom. The van der Waals surface area contributed by atoms with Crippen molar-refractivity contribution in [1.29, 1.82) is 0 Å². The molecule has 0 atom stereocenters. The van der Waals surface area contributed by atoms with Crippen molar-refractivity contribution in [3.05, 3.63) is 59.4 Å². The van der Waals surface area contributed by atoms with Gasteiger partial charge in [-0.05, 0) is 35.9 Å². The highest BCUT2D eigenvalue weighted by Gasteiger charge is 2.31. The first-order valence-electron chi connectivity index (χ1n) is 8.76. The number of benzene rings is 2. The molecule has 3 aromatic rings. The second-order valence-electron chi connectivity index (χ2n) is 6.14. The van der Waals surface area contributed by atoms with Gasteiger partial charge < -0.3 is 9.47 Å². The number of alkyl halides is 3. The van der Waals surface area contributed by atoms with Gasteiger partial charge in [0.2, 0.25) is 0 Å². The molecule has 0 N–H and O–H groups in total. The maximum absolute atomic E-state index is 13.2. The average Bonchev–Trinajstić information content (AvgIpc) is 3.13. The summed E-state index contributed by atoms with van der Waals surface area (Å²) in [6, 6.07) is 10.4. The minimum atomic E-state index is -4.46. The van der Waals surface area contributed by atoms with Crippen molar-refractivity contribution in [1.82, 2.24) is 14.8 Å². The zero-order valence-corrected chi connectivity index (χ0v) is 17.0. The van der Waals surface area contributed by atoms with Gasteiger partial charge in [0, 0.05) is 6.42 Å². The molecule has 0 radical (unpaired) electrons. The van der Waals surface area contributed by atoms with Gasteiger partial charge in [-0.25, -0.2) is 0 Å². The van der Waals surface area contributed by atoms with Gasteiger partial charge in [0.05, 0.1) is 31.2 Å². The third-order valence-corrected chi connectivity index (χ3v) is 5.06. The summed E-state index contributed by atoms with van der Waals surface area (Å²) in [6.07, 6.45) is 1.19. The van der Waals surface area contributed by atoms with Crippen molar-refractivity contribution in [2.75, 3.05) is 20.0 Å². The first kappa shape index (κ1) is 21.6. The van der Waals surface area contributed by atoms with Crippen molar-refractivity contribution in [3.8, 4) is 29.5 Å². The van der Waals surface area contributed by atoms with Crippen molar-refractivity contribution in [2.24, 2.45) is 0 Å². The minimum absolute atomic E-state index is 0.310. The van der Waals surface area contributed by atoms with Gasteiger partial charge in [0.15, 0.2) is 16.7 Å². The predicted octanol–water partition coefficient (Wildman–Crippen LogP) is 4.62. The molecule has 0 saturated carbocycles.